The molecule has 0 saturated heterocycles. The summed E-state index contributed by atoms with van der Waals surface area (Å²) in [5.74, 6) is 2.33. The Labute approximate surface area is 161 Å². The van der Waals surface area contributed by atoms with Crippen LogP contribution in [0.5, 0.6) is 0 Å². The van der Waals surface area contributed by atoms with Crippen LogP contribution in [0.15, 0.2) is 51.1 Å². The van der Waals surface area contributed by atoms with E-state index in [4.69, 9.17) is 5.10 Å². The lowest BCUT2D eigenvalue weighted by Gasteiger charge is -2.12. The Morgan fingerprint density at radius 3 is 2.84 bits per heavy atom. The highest BCUT2D eigenvalue weighted by Gasteiger charge is 2.13. The first kappa shape index (κ1) is 18.4. The molecule has 0 N–H and O–H groups in total. The number of allylic oxidation sites excluding steroid dienone is 2. The van der Waals surface area contributed by atoms with Crippen LogP contribution in [0.3, 0.4) is 0 Å². The fourth-order valence-corrected chi connectivity index (χ4v) is 3.85. The topological polar surface area (TPSA) is 43.1 Å². The van der Waals surface area contributed by atoms with Crippen LogP contribution < -0.4 is 0 Å². The number of thioether (sulfide) groups is 1. The minimum Gasteiger partial charge on any atom is -0.192 e. The van der Waals surface area contributed by atoms with E-state index in [0.717, 1.165) is 46.9 Å². The number of hydrogen-bond donors (Lipinski definition) is 0. The van der Waals surface area contributed by atoms with Crippen molar-refractivity contribution >= 4 is 33.9 Å². The van der Waals surface area contributed by atoms with Crippen LogP contribution >= 0.6 is 27.7 Å². The molecule has 1 atom stereocenters. The number of rotatable bonds is 7. The lowest BCUT2D eigenvalue weighted by molar-refractivity contribution is 0.614. The molecule has 1 aromatic carbocycles. The molecule has 132 valence electrons. The van der Waals surface area contributed by atoms with Gasteiger partial charge in [-0.2, -0.15) is 9.78 Å². The van der Waals surface area contributed by atoms with Gasteiger partial charge in [0.15, 0.2) is 5.82 Å². The second-order valence-electron chi connectivity index (χ2n) is 6.18. The maximum Gasteiger partial charge on any atom is 0.212 e. The summed E-state index contributed by atoms with van der Waals surface area (Å²) in [4.78, 5) is 0. The number of nitrogens with zero attached hydrogens (tertiary/aromatic N) is 4. The fourth-order valence-electron chi connectivity index (χ4n) is 2.72. The summed E-state index contributed by atoms with van der Waals surface area (Å²) in [6.45, 7) is 2.16. The maximum absolute atomic E-state index is 4.74. The van der Waals surface area contributed by atoms with Crippen molar-refractivity contribution < 1.29 is 0 Å². The van der Waals surface area contributed by atoms with E-state index in [1.165, 1.54) is 12.0 Å². The van der Waals surface area contributed by atoms with Crippen LogP contribution in [0.25, 0.3) is 0 Å². The first-order valence-corrected chi connectivity index (χ1v) is 10.5. The molecule has 0 fully saturated rings. The van der Waals surface area contributed by atoms with Crippen LogP contribution in [-0.4, -0.2) is 21.1 Å². The zero-order chi connectivity index (χ0) is 17.5. The van der Waals surface area contributed by atoms with Gasteiger partial charge in [-0.25, -0.2) is 0 Å². The van der Waals surface area contributed by atoms with Crippen LogP contribution in [0.4, 0.5) is 0 Å². The molecular weight excluding hydrogens is 396 g/mol. The van der Waals surface area contributed by atoms with Gasteiger partial charge in [-0.3, -0.25) is 0 Å². The first-order valence-electron chi connectivity index (χ1n) is 8.77. The van der Waals surface area contributed by atoms with Crippen LogP contribution in [0.2, 0.25) is 0 Å². The monoisotopic (exact) mass is 418 g/mol. The zero-order valence-corrected chi connectivity index (χ0v) is 16.8. The number of aromatic nitrogens is 3. The highest BCUT2D eigenvalue weighted by Crippen LogP contribution is 2.24. The largest absolute Gasteiger partial charge is 0.212 e. The van der Waals surface area contributed by atoms with E-state index >= 15 is 0 Å². The molecule has 0 aliphatic heterocycles. The van der Waals surface area contributed by atoms with Crippen LogP contribution in [0, 0.1) is 5.92 Å². The zero-order valence-electron chi connectivity index (χ0n) is 14.4. The van der Waals surface area contributed by atoms with Gasteiger partial charge in [0.25, 0.3) is 0 Å². The minimum atomic E-state index is 0.520. The summed E-state index contributed by atoms with van der Waals surface area (Å²) >= 11 is 5.16. The molecule has 4 nitrogen and oxygen atoms in total. The van der Waals surface area contributed by atoms with Crippen LogP contribution in [-0.2, 0) is 12.2 Å². The summed E-state index contributed by atoms with van der Waals surface area (Å²) in [6.07, 6.45) is 11.9. The summed E-state index contributed by atoms with van der Waals surface area (Å²) in [5.41, 5.74) is 1.26. The summed E-state index contributed by atoms with van der Waals surface area (Å²) in [6, 6.07) is 8.39. The molecule has 3 rings (SSSR count). The molecule has 0 unspecified atom stereocenters. The Balaban J connectivity index is 1.72. The minimum absolute atomic E-state index is 0.520. The average Bonchev–Trinajstić information content (AvgIpc) is 3.02. The molecular formula is C19H23BrN4S. The second-order valence-corrected chi connectivity index (χ2v) is 8.04. The molecule has 0 bridgehead atoms. The molecule has 0 amide bonds. The summed E-state index contributed by atoms with van der Waals surface area (Å²) < 4.78 is 3.03. The number of benzene rings is 1. The van der Waals surface area contributed by atoms with Crippen LogP contribution in [0.1, 0.15) is 44.0 Å². The van der Waals surface area contributed by atoms with Crippen molar-refractivity contribution in [1.82, 2.24) is 14.9 Å². The van der Waals surface area contributed by atoms with Gasteiger partial charge in [0.05, 0.1) is 0 Å². The van der Waals surface area contributed by atoms with Crippen molar-refractivity contribution in [2.24, 2.45) is 11.0 Å². The molecule has 0 spiro atoms. The van der Waals surface area contributed by atoms with Gasteiger partial charge in [-0.1, -0.05) is 58.9 Å². The van der Waals surface area contributed by atoms with E-state index in [1.807, 2.05) is 4.68 Å². The van der Waals surface area contributed by atoms with E-state index in [-0.39, 0.29) is 0 Å². The summed E-state index contributed by atoms with van der Waals surface area (Å²) in [7, 11) is 0. The van der Waals surface area contributed by atoms with E-state index in [2.05, 4.69) is 75.7 Å². The van der Waals surface area contributed by atoms with Crippen molar-refractivity contribution in [2.45, 2.75) is 49.9 Å². The van der Waals surface area contributed by atoms with Gasteiger partial charge in [0, 0.05) is 22.9 Å². The third-order valence-electron chi connectivity index (χ3n) is 4.13. The third kappa shape index (κ3) is 5.28. The molecule has 0 saturated carbocycles. The molecule has 1 aliphatic carbocycles. The predicted molar refractivity (Wildman–Crippen MR) is 108 cm³/mol. The molecule has 1 aliphatic rings. The second kappa shape index (κ2) is 9.34. The average molecular weight is 419 g/mol. The molecule has 25 heavy (non-hydrogen) atoms. The quantitative estimate of drug-likeness (QED) is 0.339. The molecule has 2 aromatic rings. The molecule has 0 radical (unpaired) electrons. The Morgan fingerprint density at radius 1 is 1.28 bits per heavy atom. The maximum atomic E-state index is 4.74. The highest BCUT2D eigenvalue weighted by molar-refractivity contribution is 9.10. The van der Waals surface area contributed by atoms with Crippen molar-refractivity contribution in [3.8, 4) is 0 Å². The van der Waals surface area contributed by atoms with Gasteiger partial charge in [-0.15, -0.1) is 10.2 Å². The Kier molecular flexibility index (Phi) is 6.87. The van der Waals surface area contributed by atoms with Gasteiger partial charge < -0.3 is 0 Å². The number of aryl methyl sites for hydroxylation is 1. The van der Waals surface area contributed by atoms with E-state index in [0.29, 0.717) is 5.92 Å². The normalized spacial score (nSPS) is 17.4. The van der Waals surface area contributed by atoms with Gasteiger partial charge >= 0.3 is 0 Å². The molecule has 1 heterocycles. The van der Waals surface area contributed by atoms with E-state index < -0.39 is 0 Å². The SMILES string of the molecule is CCCc1nnc(SCc2ccc(Br)cc2)n1/N=C\[C@@H]1CC=CCC1. The number of halogens is 1. The van der Waals surface area contributed by atoms with E-state index in [1.54, 1.807) is 11.8 Å². The van der Waals surface area contributed by atoms with Gasteiger partial charge in [0.2, 0.25) is 5.16 Å². The Bertz CT molecular complexity index is 736. The smallest absolute Gasteiger partial charge is 0.192 e. The molecule has 6 heteroatoms. The number of hydrogen-bond acceptors (Lipinski definition) is 4. The Hall–Kier alpha value is -1.40. The lowest BCUT2D eigenvalue weighted by atomic mass is 9.96. The van der Waals surface area contributed by atoms with Crippen molar-refractivity contribution in [3.63, 3.8) is 0 Å². The van der Waals surface area contributed by atoms with E-state index in [9.17, 15) is 0 Å². The van der Waals surface area contributed by atoms with Crippen molar-refractivity contribution in [2.75, 3.05) is 0 Å². The highest BCUT2D eigenvalue weighted by atomic mass is 79.9. The van der Waals surface area contributed by atoms with Gasteiger partial charge in [-0.05, 0) is 49.3 Å². The predicted octanol–water partition coefficient (Wildman–Crippen LogP) is 5.48. The fraction of sp³-hybridized carbons (Fsp3) is 0.421. The van der Waals surface area contributed by atoms with Crippen molar-refractivity contribution in [3.05, 3.63) is 52.3 Å². The molecule has 1 aromatic heterocycles. The van der Waals surface area contributed by atoms with Crippen molar-refractivity contribution in [1.29, 1.82) is 0 Å². The third-order valence-corrected chi connectivity index (χ3v) is 5.65. The standard InChI is InChI=1S/C19H23BrN4S/c1-2-6-18-22-23-19(25-14-16-9-11-17(20)12-10-16)24(18)21-13-15-7-4-3-5-8-15/h3-4,9-13,15H,2,5-8,14H2,1H3/b21-13-/t15-/m1/s1. The van der Waals surface area contributed by atoms with Gasteiger partial charge in [0.1, 0.15) is 0 Å². The summed E-state index contributed by atoms with van der Waals surface area (Å²) in [5, 5.41) is 14.3. The first-order chi connectivity index (χ1) is 12.3. The Morgan fingerprint density at radius 2 is 2.12 bits per heavy atom. The lowest BCUT2D eigenvalue weighted by Crippen LogP contribution is -2.07.